The van der Waals surface area contributed by atoms with E-state index in [1.807, 2.05) is 25.3 Å². The standard InChI is InChI=1S/C26H25F2N3O3/c1-16-15-31-21-5-3-2-4-17(21)8-11-20(23(31)29-16)30-24(33)26(12-13-26)14-22(32)18-6-9-19(10-7-18)34-25(27)28/h2-7,9-10,15,20,25H,8,11-14H2,1H3,(H,30,33). The minimum atomic E-state index is -2.92. The number of carbonyl (C=O) groups is 2. The number of fused-ring (bicyclic) bond motifs is 3. The number of rotatable bonds is 7. The Bertz CT molecular complexity index is 1230. The summed E-state index contributed by atoms with van der Waals surface area (Å²) in [6.07, 6.45) is 4.86. The number of amides is 1. The molecule has 5 rings (SSSR count). The SMILES string of the molecule is Cc1cn2c(n1)C(NC(=O)C1(CC(=O)c3ccc(OC(F)F)cc3)CC1)CCc1ccccc1-2. The molecular formula is C26H25F2N3O3. The molecule has 34 heavy (non-hydrogen) atoms. The summed E-state index contributed by atoms with van der Waals surface area (Å²) in [4.78, 5) is 30.9. The largest absolute Gasteiger partial charge is 0.435 e. The molecule has 1 N–H and O–H groups in total. The van der Waals surface area contributed by atoms with E-state index in [9.17, 15) is 18.4 Å². The topological polar surface area (TPSA) is 73.2 Å². The first-order valence-electron chi connectivity index (χ1n) is 11.4. The second-order valence-electron chi connectivity index (χ2n) is 9.09. The molecule has 2 aromatic carbocycles. The van der Waals surface area contributed by atoms with Crippen molar-refractivity contribution in [3.05, 3.63) is 77.4 Å². The molecule has 0 saturated heterocycles. The van der Waals surface area contributed by atoms with E-state index >= 15 is 0 Å². The maximum atomic E-state index is 13.3. The van der Waals surface area contributed by atoms with E-state index in [0.717, 1.165) is 30.0 Å². The summed E-state index contributed by atoms with van der Waals surface area (Å²) in [6, 6.07) is 13.5. The zero-order chi connectivity index (χ0) is 23.9. The predicted molar refractivity (Wildman–Crippen MR) is 121 cm³/mol. The Hall–Kier alpha value is -3.55. The van der Waals surface area contributed by atoms with Crippen LogP contribution in [0.5, 0.6) is 5.75 Å². The molecule has 2 heterocycles. The van der Waals surface area contributed by atoms with Crippen molar-refractivity contribution in [2.24, 2.45) is 5.41 Å². The number of aryl methyl sites for hydroxylation is 2. The van der Waals surface area contributed by atoms with Crippen molar-refractivity contribution in [1.82, 2.24) is 14.9 Å². The van der Waals surface area contributed by atoms with Gasteiger partial charge in [0.15, 0.2) is 5.78 Å². The van der Waals surface area contributed by atoms with E-state index in [-0.39, 0.29) is 29.9 Å². The quantitative estimate of drug-likeness (QED) is 0.502. The van der Waals surface area contributed by atoms with Crippen LogP contribution in [0.25, 0.3) is 5.69 Å². The Morgan fingerprint density at radius 3 is 2.62 bits per heavy atom. The minimum absolute atomic E-state index is 0.00872. The van der Waals surface area contributed by atoms with Crippen molar-refractivity contribution in [2.75, 3.05) is 0 Å². The first-order valence-corrected chi connectivity index (χ1v) is 11.4. The van der Waals surface area contributed by atoms with E-state index in [4.69, 9.17) is 4.98 Å². The average Bonchev–Trinajstić information content (AvgIpc) is 3.52. The van der Waals surface area contributed by atoms with Gasteiger partial charge in [-0.1, -0.05) is 18.2 Å². The smallest absolute Gasteiger partial charge is 0.387 e. The molecule has 6 nitrogen and oxygen atoms in total. The van der Waals surface area contributed by atoms with Crippen LogP contribution in [0.15, 0.2) is 54.7 Å². The Labute approximate surface area is 196 Å². The summed E-state index contributed by atoms with van der Waals surface area (Å²) in [6.45, 7) is -0.988. The van der Waals surface area contributed by atoms with E-state index in [2.05, 4.69) is 26.8 Å². The third-order valence-corrected chi connectivity index (χ3v) is 6.66. The average molecular weight is 466 g/mol. The van der Waals surface area contributed by atoms with Crippen LogP contribution in [0.3, 0.4) is 0 Å². The van der Waals surface area contributed by atoms with Crippen LogP contribution >= 0.6 is 0 Å². The number of aromatic nitrogens is 2. The molecule has 0 spiro atoms. The van der Waals surface area contributed by atoms with Gasteiger partial charge in [0.1, 0.15) is 11.6 Å². The summed E-state index contributed by atoms with van der Waals surface area (Å²) in [5, 5.41) is 3.18. The van der Waals surface area contributed by atoms with E-state index < -0.39 is 12.0 Å². The highest BCUT2D eigenvalue weighted by Gasteiger charge is 2.51. The fourth-order valence-electron chi connectivity index (χ4n) is 4.66. The Balaban J connectivity index is 1.30. The first-order chi connectivity index (χ1) is 16.3. The monoisotopic (exact) mass is 465 g/mol. The van der Waals surface area contributed by atoms with E-state index in [0.29, 0.717) is 18.4 Å². The summed E-state index contributed by atoms with van der Waals surface area (Å²) < 4.78 is 31.1. The Morgan fingerprint density at radius 2 is 1.91 bits per heavy atom. The van der Waals surface area contributed by atoms with Gasteiger partial charge in [0, 0.05) is 23.9 Å². The number of nitrogens with one attached hydrogen (secondary N) is 1. The van der Waals surface area contributed by atoms with Crippen molar-refractivity contribution >= 4 is 11.7 Å². The van der Waals surface area contributed by atoms with Crippen molar-refractivity contribution in [2.45, 2.75) is 51.7 Å². The molecule has 1 fully saturated rings. The lowest BCUT2D eigenvalue weighted by Crippen LogP contribution is -2.37. The molecular weight excluding hydrogens is 440 g/mol. The Morgan fingerprint density at radius 1 is 1.18 bits per heavy atom. The molecule has 2 aliphatic rings. The van der Waals surface area contributed by atoms with Crippen LogP contribution in [0.2, 0.25) is 0 Å². The predicted octanol–water partition coefficient (Wildman–Crippen LogP) is 4.94. The number of hydrogen-bond acceptors (Lipinski definition) is 4. The van der Waals surface area contributed by atoms with Gasteiger partial charge in [0.25, 0.3) is 0 Å². The fraction of sp³-hybridized carbons (Fsp3) is 0.346. The highest BCUT2D eigenvalue weighted by atomic mass is 19.3. The summed E-state index contributed by atoms with van der Waals surface area (Å²) >= 11 is 0. The molecule has 1 aliphatic heterocycles. The van der Waals surface area contributed by atoms with Crippen molar-refractivity contribution in [3.63, 3.8) is 0 Å². The third kappa shape index (κ3) is 4.32. The number of para-hydroxylation sites is 1. The van der Waals surface area contributed by atoms with Gasteiger partial charge in [0.2, 0.25) is 5.91 Å². The fourth-order valence-corrected chi connectivity index (χ4v) is 4.66. The molecule has 0 radical (unpaired) electrons. The first kappa shape index (κ1) is 22.3. The van der Waals surface area contributed by atoms with Crippen LogP contribution < -0.4 is 10.1 Å². The second-order valence-corrected chi connectivity index (χ2v) is 9.09. The molecule has 1 aliphatic carbocycles. The van der Waals surface area contributed by atoms with Crippen LogP contribution in [0.1, 0.15) is 59.2 Å². The van der Waals surface area contributed by atoms with E-state index in [1.54, 1.807) is 0 Å². The highest BCUT2D eigenvalue weighted by molar-refractivity contribution is 6.00. The van der Waals surface area contributed by atoms with Crippen LogP contribution in [0, 0.1) is 12.3 Å². The van der Waals surface area contributed by atoms with Gasteiger partial charge in [-0.25, -0.2) is 4.98 Å². The minimum Gasteiger partial charge on any atom is -0.435 e. The lowest BCUT2D eigenvalue weighted by molar-refractivity contribution is -0.127. The number of alkyl halides is 2. The lowest BCUT2D eigenvalue weighted by Gasteiger charge is -2.21. The maximum Gasteiger partial charge on any atom is 0.387 e. The normalized spacial score (nSPS) is 17.9. The van der Waals surface area contributed by atoms with Crippen LogP contribution in [-0.2, 0) is 11.2 Å². The number of carbonyl (C=O) groups excluding carboxylic acids is 2. The van der Waals surface area contributed by atoms with Crippen LogP contribution in [-0.4, -0.2) is 27.9 Å². The lowest BCUT2D eigenvalue weighted by atomic mass is 9.94. The van der Waals surface area contributed by atoms with E-state index in [1.165, 1.54) is 29.8 Å². The highest BCUT2D eigenvalue weighted by Crippen LogP contribution is 2.50. The molecule has 0 bridgehead atoms. The number of benzene rings is 2. The number of hydrogen-bond donors (Lipinski definition) is 1. The molecule has 3 aromatic rings. The zero-order valence-corrected chi connectivity index (χ0v) is 18.8. The summed E-state index contributed by atoms with van der Waals surface area (Å²) in [7, 11) is 0. The number of halogens is 2. The number of ether oxygens (including phenoxy) is 1. The van der Waals surface area contributed by atoms with Gasteiger partial charge >= 0.3 is 6.61 Å². The molecule has 1 amide bonds. The van der Waals surface area contributed by atoms with Gasteiger partial charge in [-0.3, -0.25) is 9.59 Å². The second kappa shape index (κ2) is 8.66. The summed E-state index contributed by atoms with van der Waals surface area (Å²) in [5.74, 6) is 0.460. The molecule has 1 unspecified atom stereocenters. The Kier molecular flexibility index (Phi) is 5.67. The van der Waals surface area contributed by atoms with Crippen LogP contribution in [0.4, 0.5) is 8.78 Å². The van der Waals surface area contributed by atoms with Gasteiger partial charge < -0.3 is 14.6 Å². The zero-order valence-electron chi connectivity index (χ0n) is 18.8. The van der Waals surface area contributed by atoms with Crippen molar-refractivity contribution < 1.29 is 23.1 Å². The van der Waals surface area contributed by atoms with Gasteiger partial charge in [-0.15, -0.1) is 0 Å². The van der Waals surface area contributed by atoms with Gasteiger partial charge in [-0.05, 0) is 68.5 Å². The maximum absolute atomic E-state index is 13.3. The number of nitrogens with zero attached hydrogens (tertiary/aromatic N) is 2. The molecule has 1 saturated carbocycles. The summed E-state index contributed by atoms with van der Waals surface area (Å²) in [5.41, 5.74) is 2.79. The van der Waals surface area contributed by atoms with Gasteiger partial charge in [0.05, 0.1) is 17.2 Å². The van der Waals surface area contributed by atoms with Crippen molar-refractivity contribution in [1.29, 1.82) is 0 Å². The number of imidazole rings is 1. The molecule has 1 atom stereocenters. The molecule has 176 valence electrons. The molecule has 1 aromatic heterocycles. The third-order valence-electron chi connectivity index (χ3n) is 6.66. The number of ketones is 1. The molecule has 8 heteroatoms. The van der Waals surface area contributed by atoms with Gasteiger partial charge in [-0.2, -0.15) is 8.78 Å². The number of Topliss-reactive ketones (excluding diaryl/α,β-unsaturated/α-hetero) is 1. The van der Waals surface area contributed by atoms with Crippen molar-refractivity contribution in [3.8, 4) is 11.4 Å².